The topological polar surface area (TPSA) is 70.2 Å². The molecule has 0 aliphatic carbocycles. The summed E-state index contributed by atoms with van der Waals surface area (Å²) in [6.07, 6.45) is 7.72. The number of pyridine rings is 1. The van der Waals surface area contributed by atoms with Gasteiger partial charge in [-0.15, -0.1) is 0 Å². The number of rotatable bonds is 9. The van der Waals surface area contributed by atoms with E-state index in [0.717, 1.165) is 35.0 Å². The first kappa shape index (κ1) is 20.9. The summed E-state index contributed by atoms with van der Waals surface area (Å²) in [6, 6.07) is 14.7. The molecule has 0 aliphatic heterocycles. The van der Waals surface area contributed by atoms with E-state index in [2.05, 4.69) is 33.5 Å². The lowest BCUT2D eigenvalue weighted by molar-refractivity contribution is 0.288. The van der Waals surface area contributed by atoms with E-state index >= 15 is 0 Å². The van der Waals surface area contributed by atoms with Crippen LogP contribution in [0.5, 0.6) is 5.75 Å². The maximum atomic E-state index is 13.5. The van der Waals surface area contributed by atoms with Gasteiger partial charge in [0.2, 0.25) is 0 Å². The average molecular weight is 420 g/mol. The van der Waals surface area contributed by atoms with Gasteiger partial charge in [-0.3, -0.25) is 4.98 Å². The highest BCUT2D eigenvalue weighted by Gasteiger charge is 2.16. The highest BCUT2D eigenvalue weighted by Crippen LogP contribution is 2.29. The Labute approximate surface area is 180 Å². The summed E-state index contributed by atoms with van der Waals surface area (Å²) in [6.45, 7) is 0.184. The Bertz CT molecular complexity index is 1140. The van der Waals surface area contributed by atoms with Crippen LogP contribution < -0.4 is 10.1 Å². The molecular weight excluding hydrogens is 393 g/mol. The minimum absolute atomic E-state index is 0.0883. The molecule has 160 valence electrons. The number of ether oxygens (including phenoxy) is 1. The number of aliphatic hydroxyl groups is 1. The van der Waals surface area contributed by atoms with E-state index in [1.165, 1.54) is 23.3 Å². The largest absolute Gasteiger partial charge is 0.495 e. The van der Waals surface area contributed by atoms with Crippen LogP contribution in [0.4, 0.5) is 10.1 Å². The first-order valence-corrected chi connectivity index (χ1v) is 10.4. The summed E-state index contributed by atoms with van der Waals surface area (Å²) < 4.78 is 18.8. The van der Waals surface area contributed by atoms with Gasteiger partial charge in [0, 0.05) is 29.8 Å². The third kappa shape index (κ3) is 5.03. The normalized spacial score (nSPS) is 12.1. The molecule has 0 radical (unpaired) electrons. The van der Waals surface area contributed by atoms with Gasteiger partial charge < -0.3 is 20.1 Å². The first-order valence-electron chi connectivity index (χ1n) is 10.4. The zero-order valence-corrected chi connectivity index (χ0v) is 17.4. The zero-order chi connectivity index (χ0) is 21.6. The molecule has 4 aromatic rings. The number of fused-ring (bicyclic) bond motifs is 1. The van der Waals surface area contributed by atoms with Crippen molar-refractivity contribution in [2.75, 3.05) is 19.0 Å². The molecule has 0 amide bonds. The second kappa shape index (κ2) is 9.62. The number of hydrogen-bond donors (Lipinski definition) is 3. The Hall–Kier alpha value is -3.38. The van der Waals surface area contributed by atoms with Gasteiger partial charge in [-0.1, -0.05) is 18.2 Å². The molecule has 4 rings (SSSR count). The quantitative estimate of drug-likeness (QED) is 0.356. The molecule has 3 N–H and O–H groups in total. The summed E-state index contributed by atoms with van der Waals surface area (Å²) in [5.74, 6) is 0.412. The van der Waals surface area contributed by atoms with Crippen molar-refractivity contribution in [3.8, 4) is 5.75 Å². The van der Waals surface area contributed by atoms with Gasteiger partial charge in [0.05, 0.1) is 31.2 Å². The highest BCUT2D eigenvalue weighted by molar-refractivity contribution is 5.84. The molecule has 31 heavy (non-hydrogen) atoms. The molecule has 0 saturated carbocycles. The van der Waals surface area contributed by atoms with Gasteiger partial charge in [0.15, 0.2) is 0 Å². The van der Waals surface area contributed by atoms with Crippen LogP contribution in [-0.4, -0.2) is 28.8 Å². The number of aryl methyl sites for hydroxylation is 1. The van der Waals surface area contributed by atoms with Crippen LogP contribution in [0.1, 0.15) is 29.2 Å². The number of aliphatic hydroxyl groups excluding tert-OH is 1. The highest BCUT2D eigenvalue weighted by atomic mass is 19.1. The molecule has 2 aromatic heterocycles. The third-order valence-corrected chi connectivity index (χ3v) is 5.44. The predicted octanol–water partition coefficient (Wildman–Crippen LogP) is 5.03. The van der Waals surface area contributed by atoms with Crippen molar-refractivity contribution in [3.05, 3.63) is 89.6 Å². The number of halogens is 1. The van der Waals surface area contributed by atoms with Gasteiger partial charge in [-0.05, 0) is 60.2 Å². The second-order valence-electron chi connectivity index (χ2n) is 7.59. The van der Waals surface area contributed by atoms with Gasteiger partial charge in [0.25, 0.3) is 0 Å². The molecule has 0 bridgehead atoms. The molecular formula is C25H26FN3O2. The smallest absolute Gasteiger partial charge is 0.139 e. The van der Waals surface area contributed by atoms with Crippen LogP contribution >= 0.6 is 0 Å². The minimum atomic E-state index is -0.258. The first-order chi connectivity index (χ1) is 15.2. The number of methoxy groups -OCH3 is 1. The SMILES string of the molecule is COc1cncc(NC(Cc2c[nH]c3ccc(CCCO)cc23)c2ccc(F)cc2)c1. The predicted molar refractivity (Wildman–Crippen MR) is 121 cm³/mol. The lowest BCUT2D eigenvalue weighted by Gasteiger charge is -2.21. The van der Waals surface area contributed by atoms with Gasteiger partial charge in [0.1, 0.15) is 11.6 Å². The van der Waals surface area contributed by atoms with Crippen LogP contribution in [0.25, 0.3) is 10.9 Å². The van der Waals surface area contributed by atoms with Crippen LogP contribution in [0, 0.1) is 5.82 Å². The zero-order valence-electron chi connectivity index (χ0n) is 17.4. The Morgan fingerprint density at radius 1 is 1.13 bits per heavy atom. The van der Waals surface area contributed by atoms with Gasteiger partial charge in [-0.25, -0.2) is 4.39 Å². The third-order valence-electron chi connectivity index (χ3n) is 5.44. The monoisotopic (exact) mass is 419 g/mol. The second-order valence-corrected chi connectivity index (χ2v) is 7.59. The van der Waals surface area contributed by atoms with Crippen molar-refractivity contribution in [3.63, 3.8) is 0 Å². The Balaban J connectivity index is 1.66. The lowest BCUT2D eigenvalue weighted by atomic mass is 9.97. The molecule has 0 fully saturated rings. The number of hydrogen-bond acceptors (Lipinski definition) is 4. The minimum Gasteiger partial charge on any atom is -0.495 e. The molecule has 0 saturated heterocycles. The number of aromatic nitrogens is 2. The van der Waals surface area contributed by atoms with E-state index in [1.807, 2.05) is 24.4 Å². The number of benzene rings is 2. The summed E-state index contributed by atoms with van der Waals surface area (Å²) in [7, 11) is 1.61. The molecule has 1 unspecified atom stereocenters. The molecule has 6 heteroatoms. The van der Waals surface area contributed by atoms with E-state index < -0.39 is 0 Å². The Morgan fingerprint density at radius 2 is 1.97 bits per heavy atom. The summed E-state index contributed by atoms with van der Waals surface area (Å²) in [5, 5.41) is 13.8. The molecule has 0 aliphatic rings. The average Bonchev–Trinajstić information content (AvgIpc) is 3.20. The standard InChI is InChI=1S/C25H26FN3O2/c1-31-22-13-21(15-27-16-22)29-25(18-5-7-20(26)8-6-18)12-19-14-28-24-9-4-17(3-2-10-30)11-23(19)24/h4-9,11,13-16,25,28-30H,2-3,10,12H2,1H3. The van der Waals surface area contributed by atoms with Crippen molar-refractivity contribution < 1.29 is 14.2 Å². The van der Waals surface area contributed by atoms with E-state index in [-0.39, 0.29) is 18.5 Å². The number of H-pyrrole nitrogens is 1. The van der Waals surface area contributed by atoms with Crippen molar-refractivity contribution in [1.29, 1.82) is 0 Å². The molecule has 1 atom stereocenters. The Morgan fingerprint density at radius 3 is 2.74 bits per heavy atom. The summed E-state index contributed by atoms with van der Waals surface area (Å²) >= 11 is 0. The Kier molecular flexibility index (Phi) is 6.48. The van der Waals surface area contributed by atoms with Crippen molar-refractivity contribution in [2.45, 2.75) is 25.3 Å². The maximum absolute atomic E-state index is 13.5. The van der Waals surface area contributed by atoms with Crippen LogP contribution in [0.3, 0.4) is 0 Å². The fourth-order valence-electron chi connectivity index (χ4n) is 3.81. The molecule has 5 nitrogen and oxygen atoms in total. The van der Waals surface area contributed by atoms with Crippen molar-refractivity contribution >= 4 is 16.6 Å². The van der Waals surface area contributed by atoms with E-state index in [4.69, 9.17) is 9.84 Å². The maximum Gasteiger partial charge on any atom is 0.139 e. The number of nitrogens with one attached hydrogen (secondary N) is 2. The van der Waals surface area contributed by atoms with Crippen LogP contribution in [0.2, 0.25) is 0 Å². The van der Waals surface area contributed by atoms with E-state index in [9.17, 15) is 4.39 Å². The van der Waals surface area contributed by atoms with Crippen LogP contribution in [-0.2, 0) is 12.8 Å². The van der Waals surface area contributed by atoms with Crippen molar-refractivity contribution in [1.82, 2.24) is 9.97 Å². The fraction of sp³-hybridized carbons (Fsp3) is 0.240. The van der Waals surface area contributed by atoms with E-state index in [0.29, 0.717) is 12.2 Å². The molecule has 2 aromatic carbocycles. The fourth-order valence-corrected chi connectivity index (χ4v) is 3.81. The van der Waals surface area contributed by atoms with Gasteiger partial charge >= 0.3 is 0 Å². The lowest BCUT2D eigenvalue weighted by Crippen LogP contribution is -2.14. The van der Waals surface area contributed by atoms with E-state index in [1.54, 1.807) is 19.5 Å². The number of nitrogens with zero attached hydrogens (tertiary/aromatic N) is 1. The summed E-state index contributed by atoms with van der Waals surface area (Å²) in [5.41, 5.74) is 5.25. The molecule has 0 spiro atoms. The number of aromatic amines is 1. The number of anilines is 1. The summed E-state index contributed by atoms with van der Waals surface area (Å²) in [4.78, 5) is 7.58. The van der Waals surface area contributed by atoms with Crippen molar-refractivity contribution in [2.24, 2.45) is 0 Å². The molecule has 2 heterocycles. The van der Waals surface area contributed by atoms with Crippen LogP contribution in [0.15, 0.2) is 67.1 Å². The van der Waals surface area contributed by atoms with Gasteiger partial charge in [-0.2, -0.15) is 0 Å².